The van der Waals surface area contributed by atoms with E-state index in [4.69, 9.17) is 4.98 Å². The SMILES string of the molecule is c1ccc(-c2cc(-c3cc(-c4ccc(-c5ccccn5)cc4)cc(-c4ccc(-c5ccccn5)cc4)c3)cc(-c3ccccc3)n2)cc1. The Morgan fingerprint density at radius 3 is 0.958 bits per heavy atom. The first-order valence-corrected chi connectivity index (χ1v) is 16.1. The maximum absolute atomic E-state index is 5.13. The topological polar surface area (TPSA) is 38.7 Å². The third-order valence-electron chi connectivity index (χ3n) is 8.59. The highest BCUT2D eigenvalue weighted by molar-refractivity contribution is 5.85. The van der Waals surface area contributed by atoms with Crippen LogP contribution in [0.2, 0.25) is 0 Å². The highest BCUT2D eigenvalue weighted by Gasteiger charge is 2.13. The number of hydrogen-bond acceptors (Lipinski definition) is 3. The summed E-state index contributed by atoms with van der Waals surface area (Å²) in [6, 6.07) is 61.5. The first-order valence-electron chi connectivity index (χ1n) is 16.1. The van der Waals surface area contributed by atoms with Crippen LogP contribution in [0.5, 0.6) is 0 Å². The maximum atomic E-state index is 5.13. The second-order valence-corrected chi connectivity index (χ2v) is 11.7. The molecule has 8 aromatic rings. The average Bonchev–Trinajstić information content (AvgIpc) is 3.19. The number of hydrogen-bond donors (Lipinski definition) is 0. The standard InChI is InChI=1S/C45H31N3/c1-3-11-34(12-4-1)44-30-41(31-45(48-44)35-13-5-2-6-14-35)40-28-38(32-17-21-36(22-18-32)42-15-7-9-25-46-42)27-39(29-40)33-19-23-37(24-20-33)43-16-8-10-26-47-43/h1-31H. The molecule has 48 heavy (non-hydrogen) atoms. The second-order valence-electron chi connectivity index (χ2n) is 11.7. The van der Waals surface area contributed by atoms with Gasteiger partial charge in [0.2, 0.25) is 0 Å². The van der Waals surface area contributed by atoms with E-state index >= 15 is 0 Å². The van der Waals surface area contributed by atoms with Crippen molar-refractivity contribution < 1.29 is 0 Å². The lowest BCUT2D eigenvalue weighted by Crippen LogP contribution is -1.92. The van der Waals surface area contributed by atoms with Gasteiger partial charge in [0.1, 0.15) is 0 Å². The van der Waals surface area contributed by atoms with Gasteiger partial charge >= 0.3 is 0 Å². The van der Waals surface area contributed by atoms with Crippen molar-refractivity contribution in [2.24, 2.45) is 0 Å². The number of benzene rings is 5. The van der Waals surface area contributed by atoms with Crippen LogP contribution in [0, 0.1) is 0 Å². The fourth-order valence-electron chi connectivity index (χ4n) is 6.07. The fourth-order valence-corrected chi connectivity index (χ4v) is 6.07. The first-order chi connectivity index (χ1) is 23.8. The van der Waals surface area contributed by atoms with Crippen molar-refractivity contribution in [3.8, 4) is 78.4 Å². The molecule has 0 saturated heterocycles. The predicted octanol–water partition coefficient (Wildman–Crippen LogP) is 11.5. The Morgan fingerprint density at radius 2 is 0.562 bits per heavy atom. The van der Waals surface area contributed by atoms with Crippen molar-refractivity contribution in [3.05, 3.63) is 188 Å². The van der Waals surface area contributed by atoms with Gasteiger partial charge in [-0.25, -0.2) is 4.98 Å². The van der Waals surface area contributed by atoms with Gasteiger partial charge in [0.15, 0.2) is 0 Å². The maximum Gasteiger partial charge on any atom is 0.0715 e. The highest BCUT2D eigenvalue weighted by atomic mass is 14.7. The summed E-state index contributed by atoms with van der Waals surface area (Å²) in [5.74, 6) is 0. The molecule has 0 N–H and O–H groups in total. The molecule has 0 aliphatic rings. The van der Waals surface area contributed by atoms with Gasteiger partial charge in [-0.1, -0.05) is 121 Å². The molecule has 3 heterocycles. The summed E-state index contributed by atoms with van der Waals surface area (Å²) in [7, 11) is 0. The minimum absolute atomic E-state index is 0.943. The number of pyridine rings is 3. The van der Waals surface area contributed by atoms with Gasteiger partial charge < -0.3 is 0 Å². The van der Waals surface area contributed by atoms with Crippen LogP contribution in [-0.2, 0) is 0 Å². The Bertz CT molecular complexity index is 2120. The van der Waals surface area contributed by atoms with E-state index in [1.54, 1.807) is 0 Å². The van der Waals surface area contributed by atoms with Gasteiger partial charge in [0.25, 0.3) is 0 Å². The van der Waals surface area contributed by atoms with Crippen LogP contribution < -0.4 is 0 Å². The minimum atomic E-state index is 0.943. The van der Waals surface area contributed by atoms with Crippen LogP contribution in [0.4, 0.5) is 0 Å². The summed E-state index contributed by atoms with van der Waals surface area (Å²) in [6.07, 6.45) is 3.67. The van der Waals surface area contributed by atoms with E-state index in [9.17, 15) is 0 Å². The normalized spacial score (nSPS) is 10.9. The van der Waals surface area contributed by atoms with Crippen molar-refractivity contribution in [1.29, 1.82) is 0 Å². The van der Waals surface area contributed by atoms with Crippen LogP contribution in [0.25, 0.3) is 78.4 Å². The quantitative estimate of drug-likeness (QED) is 0.179. The molecule has 3 aromatic heterocycles. The van der Waals surface area contributed by atoms with E-state index in [1.807, 2.05) is 60.9 Å². The lowest BCUT2D eigenvalue weighted by atomic mass is 9.91. The van der Waals surface area contributed by atoms with Crippen molar-refractivity contribution >= 4 is 0 Å². The van der Waals surface area contributed by atoms with Crippen LogP contribution in [0.15, 0.2) is 188 Å². The molecule has 5 aromatic carbocycles. The minimum Gasteiger partial charge on any atom is -0.256 e. The lowest BCUT2D eigenvalue weighted by Gasteiger charge is -2.14. The second kappa shape index (κ2) is 13.1. The molecule has 0 aliphatic carbocycles. The Morgan fingerprint density at radius 1 is 0.229 bits per heavy atom. The van der Waals surface area contributed by atoms with Crippen molar-refractivity contribution in [1.82, 2.24) is 15.0 Å². The zero-order chi connectivity index (χ0) is 32.1. The largest absolute Gasteiger partial charge is 0.256 e. The summed E-state index contributed by atoms with van der Waals surface area (Å²) < 4.78 is 0. The molecule has 0 saturated carbocycles. The molecule has 226 valence electrons. The van der Waals surface area contributed by atoms with Crippen LogP contribution in [0.1, 0.15) is 0 Å². The summed E-state index contributed by atoms with van der Waals surface area (Å²) in [5, 5.41) is 0. The molecule has 8 rings (SSSR count). The van der Waals surface area contributed by atoms with Crippen molar-refractivity contribution in [3.63, 3.8) is 0 Å². The van der Waals surface area contributed by atoms with Gasteiger partial charge in [0.05, 0.1) is 22.8 Å². The Hall–Kier alpha value is -6.45. The number of aromatic nitrogens is 3. The van der Waals surface area contributed by atoms with Gasteiger partial charge in [-0.05, 0) is 88.0 Å². The predicted molar refractivity (Wildman–Crippen MR) is 198 cm³/mol. The molecule has 0 spiro atoms. The van der Waals surface area contributed by atoms with Gasteiger partial charge in [0, 0.05) is 34.6 Å². The molecule has 3 heteroatoms. The van der Waals surface area contributed by atoms with E-state index in [-0.39, 0.29) is 0 Å². The monoisotopic (exact) mass is 613 g/mol. The van der Waals surface area contributed by atoms with Crippen LogP contribution in [-0.4, -0.2) is 15.0 Å². The summed E-state index contributed by atoms with van der Waals surface area (Å²) in [5.41, 5.74) is 15.0. The van der Waals surface area contributed by atoms with Crippen molar-refractivity contribution in [2.75, 3.05) is 0 Å². The van der Waals surface area contributed by atoms with Crippen LogP contribution in [0.3, 0.4) is 0 Å². The number of nitrogens with zero attached hydrogens (tertiary/aromatic N) is 3. The van der Waals surface area contributed by atoms with E-state index in [0.29, 0.717) is 0 Å². The third kappa shape index (κ3) is 6.18. The fraction of sp³-hybridized carbons (Fsp3) is 0. The summed E-state index contributed by atoms with van der Waals surface area (Å²) >= 11 is 0. The molecule has 0 aliphatic heterocycles. The van der Waals surface area contributed by atoms with E-state index in [0.717, 1.165) is 78.4 Å². The summed E-state index contributed by atoms with van der Waals surface area (Å²) in [4.78, 5) is 14.2. The Kier molecular flexibility index (Phi) is 7.92. The highest BCUT2D eigenvalue weighted by Crippen LogP contribution is 2.37. The molecule has 3 nitrogen and oxygen atoms in total. The Balaban J connectivity index is 1.28. The smallest absolute Gasteiger partial charge is 0.0715 e. The molecular weight excluding hydrogens is 583 g/mol. The van der Waals surface area contributed by atoms with Gasteiger partial charge in [-0.15, -0.1) is 0 Å². The zero-order valence-corrected chi connectivity index (χ0v) is 26.2. The Labute approximate surface area is 280 Å². The summed E-state index contributed by atoms with van der Waals surface area (Å²) in [6.45, 7) is 0. The average molecular weight is 614 g/mol. The van der Waals surface area contributed by atoms with E-state index < -0.39 is 0 Å². The van der Waals surface area contributed by atoms with Crippen LogP contribution >= 0.6 is 0 Å². The molecule has 0 unspecified atom stereocenters. The van der Waals surface area contributed by atoms with E-state index in [2.05, 4.69) is 137 Å². The molecule has 0 fully saturated rings. The lowest BCUT2D eigenvalue weighted by molar-refractivity contribution is 1.32. The molecular formula is C45H31N3. The third-order valence-corrected chi connectivity index (χ3v) is 8.59. The van der Waals surface area contributed by atoms with Crippen molar-refractivity contribution in [2.45, 2.75) is 0 Å². The molecule has 0 bridgehead atoms. The number of rotatable bonds is 7. The van der Waals surface area contributed by atoms with Gasteiger partial charge in [-0.2, -0.15) is 0 Å². The molecule has 0 amide bonds. The first kappa shape index (κ1) is 29.0. The molecule has 0 radical (unpaired) electrons. The zero-order valence-electron chi connectivity index (χ0n) is 26.2. The molecule has 0 atom stereocenters. The van der Waals surface area contributed by atoms with Gasteiger partial charge in [-0.3, -0.25) is 9.97 Å². The van der Waals surface area contributed by atoms with E-state index in [1.165, 1.54) is 0 Å².